The van der Waals surface area contributed by atoms with E-state index >= 15 is 4.39 Å². The summed E-state index contributed by atoms with van der Waals surface area (Å²) in [7, 11) is 0. The van der Waals surface area contributed by atoms with E-state index in [-0.39, 0.29) is 17.9 Å². The predicted octanol–water partition coefficient (Wildman–Crippen LogP) is 13.9. The molecule has 1 aromatic heterocycles. The summed E-state index contributed by atoms with van der Waals surface area (Å²) < 4.78 is 41.1. The van der Waals surface area contributed by atoms with Crippen molar-refractivity contribution in [2.24, 2.45) is 0 Å². The van der Waals surface area contributed by atoms with Gasteiger partial charge in [-0.05, 0) is 93.2 Å². The second-order valence-electron chi connectivity index (χ2n) is 12.6. The van der Waals surface area contributed by atoms with Crippen LogP contribution in [0.15, 0.2) is 186 Å². The van der Waals surface area contributed by atoms with Crippen molar-refractivity contribution in [2.45, 2.75) is 0 Å². The highest BCUT2D eigenvalue weighted by atomic mass is 19.1. The van der Waals surface area contributed by atoms with Gasteiger partial charge in [0.25, 0.3) is 0 Å². The average Bonchev–Trinajstić information content (AvgIpc) is 3.60. The van der Waals surface area contributed by atoms with Crippen LogP contribution in [0.2, 0.25) is 0 Å². The summed E-state index contributed by atoms with van der Waals surface area (Å²) in [5.41, 5.74) is 8.02. The lowest BCUT2D eigenvalue weighted by Crippen LogP contribution is -2.13. The van der Waals surface area contributed by atoms with Crippen LogP contribution in [0.25, 0.3) is 67.1 Å². The molecule has 1 heterocycles. The summed E-state index contributed by atoms with van der Waals surface area (Å²) in [6, 6.07) is 58.8. The molecule has 0 saturated carbocycles. The van der Waals surface area contributed by atoms with Crippen LogP contribution in [0, 0.1) is 5.82 Å². The normalized spacial score (nSPS) is 12.5. The third kappa shape index (κ3) is 5.85. The van der Waals surface area contributed by atoms with Gasteiger partial charge in [0.15, 0.2) is 0 Å². The van der Waals surface area contributed by atoms with Crippen LogP contribution in [-0.4, -0.2) is 0 Å². The summed E-state index contributed by atoms with van der Waals surface area (Å²) in [6.45, 7) is 0. The van der Waals surface area contributed by atoms with Crippen molar-refractivity contribution in [1.29, 1.82) is 0 Å². The Morgan fingerprint density at radius 1 is 0.471 bits per heavy atom. The molecule has 2 nitrogen and oxygen atoms in total. The van der Waals surface area contributed by atoms with E-state index < -0.39 is 0 Å². The van der Waals surface area contributed by atoms with Crippen molar-refractivity contribution in [3.63, 3.8) is 0 Å². The molecule has 51 heavy (non-hydrogen) atoms. The van der Waals surface area contributed by atoms with E-state index in [0.717, 1.165) is 66.3 Å². The number of benzene rings is 8. The second kappa shape index (κ2) is 13.0. The largest absolute Gasteiger partial charge is 0.456 e. The molecule has 9 rings (SSSR count). The fourth-order valence-corrected chi connectivity index (χ4v) is 6.83. The lowest BCUT2D eigenvalue weighted by molar-refractivity contribution is 0.630. The van der Waals surface area contributed by atoms with Crippen molar-refractivity contribution in [3.05, 3.63) is 199 Å². The van der Waals surface area contributed by atoms with Gasteiger partial charge in [-0.25, -0.2) is 4.39 Å². The molecule has 8 aromatic carbocycles. The van der Waals surface area contributed by atoms with Gasteiger partial charge in [0, 0.05) is 27.7 Å². The van der Waals surface area contributed by atoms with Crippen LogP contribution in [0.5, 0.6) is 0 Å². The Bertz CT molecular complexity index is 2810. The van der Waals surface area contributed by atoms with Crippen molar-refractivity contribution >= 4 is 61.9 Å². The number of halogens is 1. The summed E-state index contributed by atoms with van der Waals surface area (Å²) in [5.74, 6) is -0.362. The van der Waals surface area contributed by atoms with E-state index in [9.17, 15) is 0 Å². The Kier molecular flexibility index (Phi) is 7.16. The number of hydrogen-bond acceptors (Lipinski definition) is 2. The van der Waals surface area contributed by atoms with Gasteiger partial charge in [0.2, 0.25) is 0 Å². The zero-order chi connectivity index (χ0) is 35.9. The van der Waals surface area contributed by atoms with Gasteiger partial charge in [-0.3, -0.25) is 0 Å². The number of furan rings is 1. The quantitative estimate of drug-likeness (QED) is 0.158. The topological polar surface area (TPSA) is 16.4 Å². The summed E-state index contributed by atoms with van der Waals surface area (Å²) in [6.07, 6.45) is 0. The third-order valence-electron chi connectivity index (χ3n) is 9.32. The molecule has 0 amide bonds. The minimum atomic E-state index is -0.362. The molecular weight excluding hydrogens is 626 g/mol. The molecule has 0 aliphatic rings. The smallest absolute Gasteiger partial charge is 0.148 e. The highest BCUT2D eigenvalue weighted by Crippen LogP contribution is 2.45. The number of anilines is 3. The third-order valence-corrected chi connectivity index (χ3v) is 9.32. The van der Waals surface area contributed by atoms with E-state index in [1.54, 1.807) is 6.07 Å². The van der Waals surface area contributed by atoms with Gasteiger partial charge in [-0.15, -0.1) is 0 Å². The van der Waals surface area contributed by atoms with Gasteiger partial charge >= 0.3 is 0 Å². The van der Waals surface area contributed by atoms with Crippen LogP contribution in [0.4, 0.5) is 21.5 Å². The first-order valence-corrected chi connectivity index (χ1v) is 16.9. The highest BCUT2D eigenvalue weighted by molar-refractivity contribution is 6.05. The van der Waals surface area contributed by atoms with Gasteiger partial charge < -0.3 is 9.32 Å². The van der Waals surface area contributed by atoms with Gasteiger partial charge in [-0.1, -0.05) is 139 Å². The number of rotatable bonds is 7. The highest BCUT2D eigenvalue weighted by Gasteiger charge is 2.23. The zero-order valence-electron chi connectivity index (χ0n) is 29.6. The zero-order valence-corrected chi connectivity index (χ0v) is 27.6. The van der Waals surface area contributed by atoms with Gasteiger partial charge in [0.05, 0.1) is 8.43 Å². The summed E-state index contributed by atoms with van der Waals surface area (Å²) in [4.78, 5) is 1.95. The number of hydrogen-bond donors (Lipinski definition) is 0. The molecule has 0 saturated heterocycles. The Hall–Kier alpha value is -6.71. The molecule has 0 aliphatic carbocycles. The Balaban J connectivity index is 1.19. The van der Waals surface area contributed by atoms with E-state index in [1.807, 2.05) is 150 Å². The molecule has 0 spiro atoms. The number of para-hydroxylation sites is 1. The first-order valence-electron chi connectivity index (χ1n) is 17.9. The fraction of sp³-hybridized carbons (Fsp3) is 0. The van der Waals surface area contributed by atoms with E-state index in [0.29, 0.717) is 16.8 Å². The predicted molar refractivity (Wildman–Crippen MR) is 212 cm³/mol. The van der Waals surface area contributed by atoms with Gasteiger partial charge in [0.1, 0.15) is 17.0 Å². The molecule has 0 unspecified atom stereocenters. The van der Waals surface area contributed by atoms with Crippen molar-refractivity contribution in [2.75, 3.05) is 4.90 Å². The van der Waals surface area contributed by atoms with E-state index in [2.05, 4.69) is 30.3 Å². The summed E-state index contributed by atoms with van der Waals surface area (Å²) in [5, 5.41) is 4.00. The molecule has 0 radical (unpaired) electrons. The van der Waals surface area contributed by atoms with Crippen molar-refractivity contribution in [3.8, 4) is 22.3 Å². The molecule has 3 heteroatoms. The molecule has 0 aliphatic heterocycles. The average molecular weight is 660 g/mol. The van der Waals surface area contributed by atoms with Crippen LogP contribution in [-0.2, 0) is 0 Å². The molecular formula is C48H32FNO. The minimum absolute atomic E-state index is 0.0873. The van der Waals surface area contributed by atoms with Gasteiger partial charge in [-0.2, -0.15) is 0 Å². The van der Waals surface area contributed by atoms with Crippen LogP contribution in [0.3, 0.4) is 0 Å². The molecule has 9 aromatic rings. The van der Waals surface area contributed by atoms with Crippen LogP contribution >= 0.6 is 0 Å². The number of nitrogens with zero attached hydrogens (tertiary/aromatic N) is 1. The maximum atomic E-state index is 17.0. The molecule has 0 atom stereocenters. The second-order valence-corrected chi connectivity index (χ2v) is 12.6. The van der Waals surface area contributed by atoms with Crippen molar-refractivity contribution < 1.29 is 11.5 Å². The minimum Gasteiger partial charge on any atom is -0.456 e. The number of fused-ring (bicyclic) bond motifs is 4. The molecule has 242 valence electrons. The standard InChI is InChI=1S/C48H32FNO/c49-45-32-39(35-11-3-1-4-12-35)31-43(37-14-5-2-6-15-37)48(45)50(41-27-24-36-13-7-8-16-38(36)30-41)40-25-21-33(22-26-40)19-20-34-23-28-47-44(29-34)42-17-9-10-18-46(42)51-47/h1-32H/b20-19+/i19D,20D. The monoisotopic (exact) mass is 659 g/mol. The lowest BCUT2D eigenvalue weighted by atomic mass is 9.95. The first kappa shape index (κ1) is 28.2. The van der Waals surface area contributed by atoms with Crippen LogP contribution < -0.4 is 4.90 Å². The van der Waals surface area contributed by atoms with E-state index in [4.69, 9.17) is 7.16 Å². The Morgan fingerprint density at radius 2 is 1.10 bits per heavy atom. The SMILES string of the molecule is [2H]/C(=C(/[2H])c1ccc2oc3ccccc3c2c1)c1ccc(N(c2ccc3ccccc3c2)c2c(F)cc(-c3ccccc3)cc2-c2ccccc2)cc1. The fourth-order valence-electron chi connectivity index (χ4n) is 6.83. The molecule has 0 fully saturated rings. The lowest BCUT2D eigenvalue weighted by Gasteiger charge is -2.29. The maximum Gasteiger partial charge on any atom is 0.148 e. The molecule has 0 bridgehead atoms. The van der Waals surface area contributed by atoms with Crippen LogP contribution in [0.1, 0.15) is 13.9 Å². The first-order chi connectivity index (χ1) is 26.0. The maximum absolute atomic E-state index is 17.0. The van der Waals surface area contributed by atoms with E-state index in [1.165, 1.54) is 0 Å². The molecule has 0 N–H and O–H groups in total. The van der Waals surface area contributed by atoms with Crippen molar-refractivity contribution in [1.82, 2.24) is 0 Å². The summed E-state index contributed by atoms with van der Waals surface area (Å²) >= 11 is 0. The Labute approximate surface area is 298 Å². The Morgan fingerprint density at radius 3 is 1.90 bits per heavy atom.